The molecule has 3 heteroatoms. The van der Waals surface area contributed by atoms with Gasteiger partial charge in [0.05, 0.1) is 0 Å². The molecule has 2 N–H and O–H groups in total. The summed E-state index contributed by atoms with van der Waals surface area (Å²) in [5.41, 5.74) is 5.52. The molecule has 0 unspecified atom stereocenters. The maximum atomic E-state index is 10.9. The van der Waals surface area contributed by atoms with E-state index in [1.54, 1.807) is 0 Å². The van der Waals surface area contributed by atoms with Crippen LogP contribution >= 0.6 is 0 Å². The van der Waals surface area contributed by atoms with E-state index in [1.807, 2.05) is 13.8 Å². The molecule has 10 heavy (non-hydrogen) atoms. The molecule has 3 nitrogen and oxygen atoms in total. The molecule has 0 heterocycles. The molecule has 0 atom stereocenters. The van der Waals surface area contributed by atoms with Gasteiger partial charge in [0.1, 0.15) is 0 Å². The average Bonchev–Trinajstić information content (AvgIpc) is 2.63. The summed E-state index contributed by atoms with van der Waals surface area (Å²) >= 11 is 0. The van der Waals surface area contributed by atoms with Crippen molar-refractivity contribution in [2.24, 2.45) is 5.92 Å². The Morgan fingerprint density at radius 1 is 1.50 bits per heavy atom. The van der Waals surface area contributed by atoms with Crippen LogP contribution < -0.4 is 10.9 Å². The SMILES string of the molecule is CC(C)NNC(=O)C1CC1. The smallest absolute Gasteiger partial charge is 0.237 e. The van der Waals surface area contributed by atoms with Gasteiger partial charge < -0.3 is 0 Å². The Bertz CT molecular complexity index is 130. The molecule has 0 radical (unpaired) electrons. The molecule has 1 amide bonds. The van der Waals surface area contributed by atoms with Crippen LogP contribution in [-0.2, 0) is 4.79 Å². The number of nitrogens with one attached hydrogen (secondary N) is 2. The summed E-state index contributed by atoms with van der Waals surface area (Å²) in [5.74, 6) is 0.444. The standard InChI is InChI=1S/C7H14N2O/c1-5(2)8-9-7(10)6-3-4-6/h5-6,8H,3-4H2,1-2H3,(H,9,10). The third-order valence-corrected chi connectivity index (χ3v) is 1.43. The minimum absolute atomic E-state index is 0.147. The van der Waals surface area contributed by atoms with E-state index in [-0.39, 0.29) is 5.91 Å². The molecule has 0 aliphatic heterocycles. The Morgan fingerprint density at radius 2 is 2.10 bits per heavy atom. The molecule has 58 valence electrons. The van der Waals surface area contributed by atoms with Crippen molar-refractivity contribution in [2.45, 2.75) is 32.7 Å². The largest absolute Gasteiger partial charge is 0.291 e. The summed E-state index contributed by atoms with van der Waals surface area (Å²) in [4.78, 5) is 10.9. The first-order chi connectivity index (χ1) is 4.70. The van der Waals surface area contributed by atoms with Crippen molar-refractivity contribution in [2.75, 3.05) is 0 Å². The van der Waals surface area contributed by atoms with E-state index in [1.165, 1.54) is 0 Å². The zero-order valence-electron chi connectivity index (χ0n) is 6.48. The Morgan fingerprint density at radius 3 is 2.50 bits per heavy atom. The maximum Gasteiger partial charge on any atom is 0.237 e. The van der Waals surface area contributed by atoms with Crippen LogP contribution in [0.25, 0.3) is 0 Å². The minimum Gasteiger partial charge on any atom is -0.291 e. The fraction of sp³-hybridized carbons (Fsp3) is 0.857. The van der Waals surface area contributed by atoms with E-state index in [0.717, 1.165) is 12.8 Å². The molecule has 0 spiro atoms. The second-order valence-electron chi connectivity index (χ2n) is 3.06. The maximum absolute atomic E-state index is 10.9. The van der Waals surface area contributed by atoms with Crippen molar-refractivity contribution in [3.05, 3.63) is 0 Å². The number of carbonyl (C=O) groups excluding carboxylic acids is 1. The average molecular weight is 142 g/mol. The molecule has 0 saturated heterocycles. The van der Waals surface area contributed by atoms with Gasteiger partial charge in [-0.2, -0.15) is 0 Å². The summed E-state index contributed by atoms with van der Waals surface area (Å²) in [6.45, 7) is 3.99. The Labute approximate surface area is 61.2 Å². The third kappa shape index (κ3) is 2.35. The molecule has 1 saturated carbocycles. The summed E-state index contributed by atoms with van der Waals surface area (Å²) in [7, 11) is 0. The van der Waals surface area contributed by atoms with Crippen LogP contribution in [0, 0.1) is 5.92 Å². The molecule has 1 fully saturated rings. The van der Waals surface area contributed by atoms with Gasteiger partial charge in [-0.3, -0.25) is 10.2 Å². The monoisotopic (exact) mass is 142 g/mol. The highest BCUT2D eigenvalue weighted by molar-refractivity contribution is 5.80. The van der Waals surface area contributed by atoms with Crippen molar-refractivity contribution in [1.29, 1.82) is 0 Å². The highest BCUT2D eigenvalue weighted by Crippen LogP contribution is 2.28. The first-order valence-corrected chi connectivity index (χ1v) is 3.75. The lowest BCUT2D eigenvalue weighted by molar-refractivity contribution is -0.123. The van der Waals surface area contributed by atoms with Gasteiger partial charge in [0, 0.05) is 12.0 Å². The Hall–Kier alpha value is -0.570. The van der Waals surface area contributed by atoms with Gasteiger partial charge in [-0.25, -0.2) is 5.43 Å². The molecule has 1 aliphatic carbocycles. The lowest BCUT2D eigenvalue weighted by atomic mass is 10.4. The first-order valence-electron chi connectivity index (χ1n) is 3.75. The van der Waals surface area contributed by atoms with E-state index in [4.69, 9.17) is 0 Å². The van der Waals surface area contributed by atoms with E-state index >= 15 is 0 Å². The second-order valence-corrected chi connectivity index (χ2v) is 3.06. The highest BCUT2D eigenvalue weighted by Gasteiger charge is 2.29. The normalized spacial score (nSPS) is 17.5. The number of rotatable bonds is 3. The van der Waals surface area contributed by atoms with Crippen LogP contribution in [0.4, 0.5) is 0 Å². The topological polar surface area (TPSA) is 41.1 Å². The molecule has 1 aliphatic rings. The molecular weight excluding hydrogens is 128 g/mol. The molecule has 1 rings (SSSR count). The van der Waals surface area contributed by atoms with Gasteiger partial charge in [-0.05, 0) is 26.7 Å². The van der Waals surface area contributed by atoms with Crippen LogP contribution in [-0.4, -0.2) is 11.9 Å². The van der Waals surface area contributed by atoms with Crippen molar-refractivity contribution in [1.82, 2.24) is 10.9 Å². The Balaban J connectivity index is 2.06. The zero-order chi connectivity index (χ0) is 7.56. The molecule has 0 aromatic carbocycles. The second kappa shape index (κ2) is 3.01. The van der Waals surface area contributed by atoms with E-state index < -0.39 is 0 Å². The summed E-state index contributed by atoms with van der Waals surface area (Å²) in [6, 6.07) is 0.322. The first kappa shape index (κ1) is 7.54. The van der Waals surface area contributed by atoms with Crippen LogP contribution in [0.1, 0.15) is 26.7 Å². The molecule has 0 aromatic heterocycles. The van der Waals surface area contributed by atoms with Crippen LogP contribution in [0.15, 0.2) is 0 Å². The minimum atomic E-state index is 0.147. The van der Waals surface area contributed by atoms with Gasteiger partial charge in [0.15, 0.2) is 0 Å². The van der Waals surface area contributed by atoms with Gasteiger partial charge in [0.2, 0.25) is 5.91 Å². The van der Waals surface area contributed by atoms with Gasteiger partial charge in [-0.1, -0.05) is 0 Å². The van der Waals surface area contributed by atoms with Gasteiger partial charge in [0.25, 0.3) is 0 Å². The lowest BCUT2D eigenvalue weighted by Crippen LogP contribution is -2.42. The van der Waals surface area contributed by atoms with Gasteiger partial charge >= 0.3 is 0 Å². The van der Waals surface area contributed by atoms with E-state index in [0.29, 0.717) is 12.0 Å². The molecule has 0 aromatic rings. The van der Waals surface area contributed by atoms with Crippen molar-refractivity contribution >= 4 is 5.91 Å². The number of hydrazine groups is 1. The number of carbonyl (C=O) groups is 1. The summed E-state index contributed by atoms with van der Waals surface area (Å²) < 4.78 is 0. The predicted molar refractivity (Wildman–Crippen MR) is 39.1 cm³/mol. The fourth-order valence-corrected chi connectivity index (χ4v) is 0.663. The molecular formula is C7H14N2O. The predicted octanol–water partition coefficient (Wildman–Crippen LogP) is 0.426. The van der Waals surface area contributed by atoms with Crippen LogP contribution in [0.3, 0.4) is 0 Å². The summed E-state index contributed by atoms with van der Waals surface area (Å²) in [5, 5.41) is 0. The van der Waals surface area contributed by atoms with E-state index in [9.17, 15) is 4.79 Å². The number of amides is 1. The number of hydrogen-bond donors (Lipinski definition) is 2. The fourth-order valence-electron chi connectivity index (χ4n) is 0.663. The van der Waals surface area contributed by atoms with Crippen LogP contribution in [0.2, 0.25) is 0 Å². The zero-order valence-corrected chi connectivity index (χ0v) is 6.48. The lowest BCUT2D eigenvalue weighted by Gasteiger charge is -2.08. The Kier molecular flexibility index (Phi) is 2.27. The highest BCUT2D eigenvalue weighted by atomic mass is 16.2. The van der Waals surface area contributed by atoms with E-state index in [2.05, 4.69) is 10.9 Å². The van der Waals surface area contributed by atoms with Crippen molar-refractivity contribution in [3.63, 3.8) is 0 Å². The summed E-state index contributed by atoms with van der Waals surface area (Å²) in [6.07, 6.45) is 2.12. The van der Waals surface area contributed by atoms with Crippen molar-refractivity contribution in [3.8, 4) is 0 Å². The van der Waals surface area contributed by atoms with Crippen molar-refractivity contribution < 1.29 is 4.79 Å². The number of hydrogen-bond acceptors (Lipinski definition) is 2. The van der Waals surface area contributed by atoms with Gasteiger partial charge in [-0.15, -0.1) is 0 Å². The third-order valence-electron chi connectivity index (χ3n) is 1.43. The quantitative estimate of drug-likeness (QED) is 0.561. The van der Waals surface area contributed by atoms with Crippen LogP contribution in [0.5, 0.6) is 0 Å². The molecule has 0 bridgehead atoms.